The third kappa shape index (κ3) is 5.33. The molecule has 2 saturated heterocycles. The molecule has 0 spiro atoms. The van der Waals surface area contributed by atoms with Crippen LogP contribution in [0.1, 0.15) is 35.4 Å². The monoisotopic (exact) mass is 475 g/mol. The molecule has 0 aliphatic carbocycles. The highest BCUT2D eigenvalue weighted by Crippen LogP contribution is 2.29. The van der Waals surface area contributed by atoms with E-state index in [1.165, 1.54) is 16.8 Å². The van der Waals surface area contributed by atoms with Gasteiger partial charge in [-0.25, -0.2) is 9.97 Å². The topological polar surface area (TPSA) is 73.6 Å². The Morgan fingerprint density at radius 2 is 1.46 bits per heavy atom. The fraction of sp³-hybridized carbons (Fsp3) is 0.519. The quantitative estimate of drug-likeness (QED) is 0.563. The summed E-state index contributed by atoms with van der Waals surface area (Å²) in [6.45, 7) is 12.1. The van der Waals surface area contributed by atoms with Crippen LogP contribution in [0.2, 0.25) is 0 Å². The van der Waals surface area contributed by atoms with Crippen LogP contribution in [0.4, 0.5) is 11.6 Å². The van der Waals surface area contributed by atoms with E-state index in [-0.39, 0.29) is 6.61 Å². The lowest BCUT2D eigenvalue weighted by Gasteiger charge is -2.38. The van der Waals surface area contributed by atoms with Crippen molar-refractivity contribution in [1.29, 1.82) is 0 Å². The summed E-state index contributed by atoms with van der Waals surface area (Å²) in [4.78, 5) is 16.7. The fourth-order valence-corrected chi connectivity index (χ4v) is 5.31. The maximum Gasteiger partial charge on any atom is 0.172 e. The van der Waals surface area contributed by atoms with E-state index in [4.69, 9.17) is 15.1 Å². The number of piperazine rings is 1. The summed E-state index contributed by atoms with van der Waals surface area (Å²) in [5.74, 6) is 2.41. The Kier molecular flexibility index (Phi) is 7.29. The van der Waals surface area contributed by atoms with Crippen molar-refractivity contribution in [3.05, 3.63) is 65.2 Å². The molecule has 186 valence electrons. The number of nitrogens with zero attached hydrogens (tertiary/aromatic N) is 7. The molecule has 2 aliphatic heterocycles. The first-order chi connectivity index (χ1) is 17.1. The van der Waals surface area contributed by atoms with Gasteiger partial charge in [-0.05, 0) is 38.2 Å². The largest absolute Gasteiger partial charge is 0.396 e. The molecule has 0 atom stereocenters. The van der Waals surface area contributed by atoms with Gasteiger partial charge in [0.1, 0.15) is 0 Å². The van der Waals surface area contributed by atoms with Gasteiger partial charge in [0.15, 0.2) is 11.6 Å². The first-order valence-electron chi connectivity index (χ1n) is 12.8. The van der Waals surface area contributed by atoms with Crippen molar-refractivity contribution in [2.75, 3.05) is 55.7 Å². The minimum absolute atomic E-state index is 0.285. The van der Waals surface area contributed by atoms with Gasteiger partial charge in [-0.3, -0.25) is 9.58 Å². The van der Waals surface area contributed by atoms with Crippen LogP contribution in [0.3, 0.4) is 0 Å². The Balaban J connectivity index is 1.21. The number of aromatic nitrogens is 4. The Morgan fingerprint density at radius 3 is 2.09 bits per heavy atom. The summed E-state index contributed by atoms with van der Waals surface area (Å²) in [6.07, 6.45) is 5.62. The van der Waals surface area contributed by atoms with E-state index in [0.29, 0.717) is 5.92 Å². The molecule has 8 nitrogen and oxygen atoms in total. The first kappa shape index (κ1) is 23.8. The minimum atomic E-state index is 0.285. The number of rotatable bonds is 7. The van der Waals surface area contributed by atoms with Gasteiger partial charge in [0, 0.05) is 76.1 Å². The molecule has 0 radical (unpaired) electrons. The number of hydrogen-bond acceptors (Lipinski definition) is 7. The third-order valence-electron chi connectivity index (χ3n) is 7.59. The van der Waals surface area contributed by atoms with Crippen LogP contribution >= 0.6 is 0 Å². The van der Waals surface area contributed by atoms with E-state index in [0.717, 1.165) is 82.5 Å². The normalized spacial score (nSPS) is 17.8. The van der Waals surface area contributed by atoms with E-state index < -0.39 is 0 Å². The molecule has 2 fully saturated rings. The molecule has 0 bridgehead atoms. The molecule has 8 heteroatoms. The Labute approximate surface area is 208 Å². The second kappa shape index (κ2) is 10.7. The molecule has 2 aliphatic rings. The lowest BCUT2D eigenvalue weighted by atomic mass is 9.98. The number of aliphatic hydroxyl groups is 1. The number of aliphatic hydroxyl groups excluding tert-OH is 1. The molecular formula is C27H37N7O. The van der Waals surface area contributed by atoms with Crippen molar-refractivity contribution < 1.29 is 5.11 Å². The van der Waals surface area contributed by atoms with Crippen molar-refractivity contribution in [1.82, 2.24) is 24.6 Å². The Bertz CT molecular complexity index is 1100. The standard InChI is InChI=1S/C27H37N7O/c1-21-25(22(2)34(30-21)18-23-6-4-3-5-7-23)19-31-14-16-33(17-15-31)27-26(28-10-11-29-27)32-12-8-24(20-35)9-13-32/h3-7,10-11,24,35H,8-9,12-20H2,1-2H3. The molecular weight excluding hydrogens is 438 g/mol. The number of piperidine rings is 1. The fourth-order valence-electron chi connectivity index (χ4n) is 5.31. The van der Waals surface area contributed by atoms with Crippen LogP contribution in [-0.2, 0) is 13.1 Å². The molecule has 0 saturated carbocycles. The number of hydrogen-bond donors (Lipinski definition) is 1. The average Bonchev–Trinajstić information content (AvgIpc) is 3.17. The van der Waals surface area contributed by atoms with E-state index in [2.05, 4.69) is 63.6 Å². The van der Waals surface area contributed by atoms with Crippen molar-refractivity contribution in [2.45, 2.75) is 39.8 Å². The first-order valence-corrected chi connectivity index (χ1v) is 12.8. The minimum Gasteiger partial charge on any atom is -0.396 e. The second-order valence-corrected chi connectivity index (χ2v) is 9.87. The zero-order valence-electron chi connectivity index (χ0n) is 21.0. The van der Waals surface area contributed by atoms with Gasteiger partial charge < -0.3 is 14.9 Å². The lowest BCUT2D eigenvalue weighted by molar-refractivity contribution is 0.202. The maximum absolute atomic E-state index is 9.47. The van der Waals surface area contributed by atoms with Crippen LogP contribution in [0, 0.1) is 19.8 Å². The van der Waals surface area contributed by atoms with Crippen molar-refractivity contribution in [3.8, 4) is 0 Å². The van der Waals surface area contributed by atoms with Crippen LogP contribution < -0.4 is 9.80 Å². The molecule has 5 rings (SSSR count). The zero-order chi connectivity index (χ0) is 24.2. The number of anilines is 2. The van der Waals surface area contributed by atoms with Crippen LogP contribution in [0.5, 0.6) is 0 Å². The molecule has 4 heterocycles. The van der Waals surface area contributed by atoms with Gasteiger partial charge >= 0.3 is 0 Å². The second-order valence-electron chi connectivity index (χ2n) is 9.87. The zero-order valence-corrected chi connectivity index (χ0v) is 21.0. The predicted octanol–water partition coefficient (Wildman–Crippen LogP) is 2.87. The molecule has 1 N–H and O–H groups in total. The van der Waals surface area contributed by atoms with Crippen LogP contribution in [-0.4, -0.2) is 75.6 Å². The smallest absolute Gasteiger partial charge is 0.172 e. The summed E-state index contributed by atoms with van der Waals surface area (Å²) in [6, 6.07) is 10.5. The van der Waals surface area contributed by atoms with Gasteiger partial charge in [0.05, 0.1) is 12.2 Å². The van der Waals surface area contributed by atoms with Crippen molar-refractivity contribution >= 4 is 11.6 Å². The summed E-state index contributed by atoms with van der Waals surface area (Å²) in [5, 5.41) is 14.3. The van der Waals surface area contributed by atoms with Gasteiger partial charge in [-0.2, -0.15) is 5.10 Å². The van der Waals surface area contributed by atoms with Gasteiger partial charge in [-0.15, -0.1) is 0 Å². The van der Waals surface area contributed by atoms with E-state index in [9.17, 15) is 5.11 Å². The van der Waals surface area contributed by atoms with Gasteiger partial charge in [0.25, 0.3) is 0 Å². The highest BCUT2D eigenvalue weighted by molar-refractivity contribution is 5.62. The van der Waals surface area contributed by atoms with Crippen LogP contribution in [0.25, 0.3) is 0 Å². The SMILES string of the molecule is Cc1nn(Cc2ccccc2)c(C)c1CN1CCN(c2nccnc2N2CCC(CO)CC2)CC1. The maximum atomic E-state index is 9.47. The third-order valence-corrected chi connectivity index (χ3v) is 7.59. The molecule has 0 unspecified atom stereocenters. The number of aryl methyl sites for hydroxylation is 1. The van der Waals surface area contributed by atoms with E-state index in [1.807, 2.05) is 0 Å². The summed E-state index contributed by atoms with van der Waals surface area (Å²) in [5.41, 5.74) is 5.01. The van der Waals surface area contributed by atoms with Gasteiger partial charge in [0.2, 0.25) is 0 Å². The highest BCUT2D eigenvalue weighted by Gasteiger charge is 2.27. The van der Waals surface area contributed by atoms with Gasteiger partial charge in [-0.1, -0.05) is 30.3 Å². The van der Waals surface area contributed by atoms with Crippen molar-refractivity contribution in [2.24, 2.45) is 5.92 Å². The summed E-state index contributed by atoms with van der Waals surface area (Å²) in [7, 11) is 0. The molecule has 2 aromatic heterocycles. The van der Waals surface area contributed by atoms with E-state index >= 15 is 0 Å². The van der Waals surface area contributed by atoms with Crippen molar-refractivity contribution in [3.63, 3.8) is 0 Å². The molecule has 1 aromatic carbocycles. The lowest BCUT2D eigenvalue weighted by Crippen LogP contribution is -2.47. The molecule has 35 heavy (non-hydrogen) atoms. The Morgan fingerprint density at radius 1 is 0.829 bits per heavy atom. The average molecular weight is 476 g/mol. The summed E-state index contributed by atoms with van der Waals surface area (Å²) < 4.78 is 2.14. The molecule has 0 amide bonds. The highest BCUT2D eigenvalue weighted by atomic mass is 16.3. The molecule has 3 aromatic rings. The predicted molar refractivity (Wildman–Crippen MR) is 139 cm³/mol. The van der Waals surface area contributed by atoms with Crippen LogP contribution in [0.15, 0.2) is 42.7 Å². The summed E-state index contributed by atoms with van der Waals surface area (Å²) >= 11 is 0. The Hall–Kier alpha value is -2.97. The number of benzene rings is 1. The van der Waals surface area contributed by atoms with E-state index in [1.54, 1.807) is 12.4 Å².